The van der Waals surface area contributed by atoms with Crippen molar-refractivity contribution >= 4 is 0 Å². The van der Waals surface area contributed by atoms with E-state index in [1.807, 2.05) is 6.92 Å². The summed E-state index contributed by atoms with van der Waals surface area (Å²) in [7, 11) is 0. The number of ether oxygens (including phenoxy) is 1. The number of hydrogen-bond donors (Lipinski definition) is 2. The van der Waals surface area contributed by atoms with Crippen molar-refractivity contribution in [3.05, 3.63) is 0 Å². The summed E-state index contributed by atoms with van der Waals surface area (Å²) in [4.78, 5) is 0. The van der Waals surface area contributed by atoms with Gasteiger partial charge in [0.25, 0.3) is 0 Å². The second-order valence-electron chi connectivity index (χ2n) is 4.95. The van der Waals surface area contributed by atoms with Crippen LogP contribution < -0.4 is 5.32 Å². The molecule has 96 valence electrons. The Hall–Kier alpha value is -0.120. The largest absolute Gasteiger partial charge is 0.393 e. The Morgan fingerprint density at radius 2 is 2.31 bits per heavy atom. The number of rotatable bonds is 7. The summed E-state index contributed by atoms with van der Waals surface area (Å²) in [6, 6.07) is 0.624. The minimum absolute atomic E-state index is 0.163. The van der Waals surface area contributed by atoms with Gasteiger partial charge in [-0.2, -0.15) is 0 Å². The fourth-order valence-electron chi connectivity index (χ4n) is 2.29. The van der Waals surface area contributed by atoms with Gasteiger partial charge in [-0.3, -0.25) is 0 Å². The average Bonchev–Trinajstić information content (AvgIpc) is 2.25. The van der Waals surface area contributed by atoms with Crippen LogP contribution >= 0.6 is 0 Å². The molecule has 3 atom stereocenters. The summed E-state index contributed by atoms with van der Waals surface area (Å²) in [6.45, 7) is 5.99. The van der Waals surface area contributed by atoms with Crippen LogP contribution in [0.5, 0.6) is 0 Å². The first-order valence-corrected chi connectivity index (χ1v) is 6.75. The summed E-state index contributed by atoms with van der Waals surface area (Å²) in [5.41, 5.74) is 0. The van der Waals surface area contributed by atoms with Gasteiger partial charge in [0.05, 0.1) is 12.2 Å². The Labute approximate surface area is 99.6 Å². The second kappa shape index (κ2) is 8.04. The van der Waals surface area contributed by atoms with Gasteiger partial charge in [-0.25, -0.2) is 0 Å². The summed E-state index contributed by atoms with van der Waals surface area (Å²) >= 11 is 0. The van der Waals surface area contributed by atoms with Crippen LogP contribution in [0, 0.1) is 0 Å². The molecule has 1 aliphatic rings. The van der Waals surface area contributed by atoms with Gasteiger partial charge in [0.15, 0.2) is 0 Å². The lowest BCUT2D eigenvalue weighted by Crippen LogP contribution is -2.39. The molecule has 0 radical (unpaired) electrons. The third-order valence-corrected chi connectivity index (χ3v) is 3.21. The molecule has 1 aliphatic heterocycles. The third kappa shape index (κ3) is 5.83. The van der Waals surface area contributed by atoms with Crippen molar-refractivity contribution in [3.63, 3.8) is 0 Å². The van der Waals surface area contributed by atoms with E-state index in [1.54, 1.807) is 0 Å². The van der Waals surface area contributed by atoms with E-state index in [-0.39, 0.29) is 6.10 Å². The van der Waals surface area contributed by atoms with Crippen LogP contribution in [0.3, 0.4) is 0 Å². The Kier molecular flexibility index (Phi) is 7.01. The molecule has 3 unspecified atom stereocenters. The van der Waals surface area contributed by atoms with Crippen molar-refractivity contribution in [2.75, 3.05) is 13.2 Å². The predicted molar refractivity (Wildman–Crippen MR) is 66.6 cm³/mol. The van der Waals surface area contributed by atoms with Gasteiger partial charge in [0.2, 0.25) is 0 Å². The predicted octanol–water partition coefficient (Wildman–Crippen LogP) is 2.08. The SMILES string of the molecule is CCCC1CC(NCCCC(C)O)CCO1. The monoisotopic (exact) mass is 229 g/mol. The quantitative estimate of drug-likeness (QED) is 0.657. The fraction of sp³-hybridized carbons (Fsp3) is 1.00. The lowest BCUT2D eigenvalue weighted by atomic mass is 10.00. The second-order valence-corrected chi connectivity index (χ2v) is 4.95. The Balaban J connectivity index is 2.07. The molecule has 3 nitrogen and oxygen atoms in total. The lowest BCUT2D eigenvalue weighted by Gasteiger charge is -2.30. The molecule has 1 fully saturated rings. The minimum Gasteiger partial charge on any atom is -0.393 e. The van der Waals surface area contributed by atoms with E-state index in [9.17, 15) is 0 Å². The summed E-state index contributed by atoms with van der Waals surface area (Å²) < 4.78 is 5.71. The van der Waals surface area contributed by atoms with Crippen molar-refractivity contribution < 1.29 is 9.84 Å². The summed E-state index contributed by atoms with van der Waals surface area (Å²) in [5.74, 6) is 0. The van der Waals surface area contributed by atoms with E-state index < -0.39 is 0 Å². The van der Waals surface area contributed by atoms with Crippen LogP contribution in [-0.4, -0.2) is 36.5 Å². The molecule has 0 aromatic rings. The van der Waals surface area contributed by atoms with Gasteiger partial charge < -0.3 is 15.2 Å². The number of aliphatic hydroxyl groups is 1. The maximum atomic E-state index is 9.15. The summed E-state index contributed by atoms with van der Waals surface area (Å²) in [6.07, 6.45) is 6.95. The number of aliphatic hydroxyl groups excluding tert-OH is 1. The Bertz CT molecular complexity index is 171. The van der Waals surface area contributed by atoms with Gasteiger partial charge >= 0.3 is 0 Å². The highest BCUT2D eigenvalue weighted by Crippen LogP contribution is 2.17. The molecule has 0 amide bonds. The van der Waals surface area contributed by atoms with Crippen molar-refractivity contribution in [1.29, 1.82) is 0 Å². The van der Waals surface area contributed by atoms with Crippen molar-refractivity contribution in [2.24, 2.45) is 0 Å². The van der Waals surface area contributed by atoms with Crippen LogP contribution in [-0.2, 0) is 4.74 Å². The van der Waals surface area contributed by atoms with E-state index in [1.165, 1.54) is 12.8 Å². The number of hydrogen-bond acceptors (Lipinski definition) is 3. The molecule has 1 heterocycles. The van der Waals surface area contributed by atoms with E-state index in [0.717, 1.165) is 38.8 Å². The van der Waals surface area contributed by atoms with E-state index in [2.05, 4.69) is 12.2 Å². The smallest absolute Gasteiger partial charge is 0.0589 e. The third-order valence-electron chi connectivity index (χ3n) is 3.21. The zero-order valence-electron chi connectivity index (χ0n) is 10.7. The molecule has 0 aliphatic carbocycles. The van der Waals surface area contributed by atoms with Crippen LogP contribution in [0.1, 0.15) is 52.4 Å². The van der Waals surface area contributed by atoms with Crippen molar-refractivity contribution in [1.82, 2.24) is 5.32 Å². The first kappa shape index (κ1) is 13.9. The van der Waals surface area contributed by atoms with Gasteiger partial charge in [-0.05, 0) is 45.6 Å². The molecule has 16 heavy (non-hydrogen) atoms. The maximum Gasteiger partial charge on any atom is 0.0589 e. The molecule has 1 rings (SSSR count). The zero-order chi connectivity index (χ0) is 11.8. The highest BCUT2D eigenvalue weighted by Gasteiger charge is 2.21. The van der Waals surface area contributed by atoms with Crippen LogP contribution in [0.15, 0.2) is 0 Å². The molecule has 2 N–H and O–H groups in total. The molecular formula is C13H27NO2. The van der Waals surface area contributed by atoms with Crippen LogP contribution in [0.4, 0.5) is 0 Å². The molecule has 3 heteroatoms. The van der Waals surface area contributed by atoms with Gasteiger partial charge in [0.1, 0.15) is 0 Å². The molecule has 0 spiro atoms. The van der Waals surface area contributed by atoms with Gasteiger partial charge in [-0.1, -0.05) is 13.3 Å². The first-order chi connectivity index (χ1) is 7.72. The van der Waals surface area contributed by atoms with Crippen molar-refractivity contribution in [3.8, 4) is 0 Å². The Morgan fingerprint density at radius 1 is 1.50 bits per heavy atom. The standard InChI is InChI=1S/C13H27NO2/c1-3-5-13-10-12(7-9-16-13)14-8-4-6-11(2)15/h11-15H,3-10H2,1-2H3. The van der Waals surface area contributed by atoms with Crippen molar-refractivity contribution in [2.45, 2.75) is 70.6 Å². The number of nitrogens with one attached hydrogen (secondary N) is 1. The Morgan fingerprint density at radius 3 is 3.00 bits per heavy atom. The normalized spacial score (nSPS) is 27.9. The summed E-state index contributed by atoms with van der Waals surface area (Å²) in [5, 5.41) is 12.7. The van der Waals surface area contributed by atoms with Crippen LogP contribution in [0.2, 0.25) is 0 Å². The van der Waals surface area contributed by atoms with Gasteiger partial charge in [-0.15, -0.1) is 0 Å². The highest BCUT2D eigenvalue weighted by molar-refractivity contribution is 4.76. The van der Waals surface area contributed by atoms with E-state index >= 15 is 0 Å². The zero-order valence-corrected chi connectivity index (χ0v) is 10.7. The highest BCUT2D eigenvalue weighted by atomic mass is 16.5. The molecule has 0 saturated carbocycles. The molecule has 1 saturated heterocycles. The lowest BCUT2D eigenvalue weighted by molar-refractivity contribution is -0.00323. The molecule has 0 aromatic heterocycles. The van der Waals surface area contributed by atoms with Gasteiger partial charge in [0, 0.05) is 12.6 Å². The molecular weight excluding hydrogens is 202 g/mol. The molecule has 0 bridgehead atoms. The molecule has 0 aromatic carbocycles. The maximum absolute atomic E-state index is 9.15. The topological polar surface area (TPSA) is 41.5 Å². The van der Waals surface area contributed by atoms with E-state index in [0.29, 0.717) is 12.1 Å². The average molecular weight is 229 g/mol. The fourth-order valence-corrected chi connectivity index (χ4v) is 2.29. The first-order valence-electron chi connectivity index (χ1n) is 6.75. The van der Waals surface area contributed by atoms with Crippen LogP contribution in [0.25, 0.3) is 0 Å². The van der Waals surface area contributed by atoms with E-state index in [4.69, 9.17) is 9.84 Å². The minimum atomic E-state index is -0.163.